The summed E-state index contributed by atoms with van der Waals surface area (Å²) in [5, 5.41) is 2.17. The third kappa shape index (κ3) is 4.04. The van der Waals surface area contributed by atoms with Crippen molar-refractivity contribution in [1.82, 2.24) is 4.90 Å². The molecule has 1 aromatic rings. The highest BCUT2D eigenvalue weighted by Gasteiger charge is 2.32. The van der Waals surface area contributed by atoms with Crippen LogP contribution in [0.25, 0.3) is 0 Å². The van der Waals surface area contributed by atoms with Crippen molar-refractivity contribution in [1.29, 1.82) is 0 Å². The Kier molecular flexibility index (Phi) is 5.43. The molecule has 0 bridgehead atoms. The quantitative estimate of drug-likeness (QED) is 0.864. The highest BCUT2D eigenvalue weighted by Crippen LogP contribution is 2.36. The molecule has 1 fully saturated rings. The predicted molar refractivity (Wildman–Crippen MR) is 84.7 cm³/mol. The maximum absolute atomic E-state index is 6.10. The molecule has 1 aromatic heterocycles. The number of nitrogens with two attached hydrogens (primary N) is 1. The Morgan fingerprint density at radius 3 is 2.68 bits per heavy atom. The molecule has 1 heterocycles. The topological polar surface area (TPSA) is 29.3 Å². The van der Waals surface area contributed by atoms with Crippen molar-refractivity contribution in [2.75, 3.05) is 20.1 Å². The Bertz CT molecular complexity index is 355. The normalized spacial score (nSPS) is 20.6. The zero-order valence-electron chi connectivity index (χ0n) is 12.4. The lowest BCUT2D eigenvalue weighted by Crippen LogP contribution is -2.45. The van der Waals surface area contributed by atoms with E-state index in [-0.39, 0.29) is 0 Å². The first kappa shape index (κ1) is 15.0. The third-order valence-corrected chi connectivity index (χ3v) is 5.66. The lowest BCUT2D eigenvalue weighted by Gasteiger charge is -2.41. The minimum absolute atomic E-state index is 0.386. The Hall–Kier alpha value is -0.380. The highest BCUT2D eigenvalue weighted by molar-refractivity contribution is 7.09. The maximum Gasteiger partial charge on any atom is 0.0112 e. The molecule has 0 radical (unpaired) electrons. The second-order valence-corrected chi connectivity index (χ2v) is 7.34. The first-order valence-electron chi connectivity index (χ1n) is 7.58. The van der Waals surface area contributed by atoms with E-state index in [4.69, 9.17) is 5.73 Å². The van der Waals surface area contributed by atoms with Gasteiger partial charge in [0.15, 0.2) is 0 Å². The summed E-state index contributed by atoms with van der Waals surface area (Å²) in [6, 6.07) is 4.99. The van der Waals surface area contributed by atoms with E-state index in [2.05, 4.69) is 36.4 Å². The molecule has 1 atom stereocenters. The zero-order valence-corrected chi connectivity index (χ0v) is 13.2. The third-order valence-electron chi connectivity index (χ3n) is 4.76. The van der Waals surface area contributed by atoms with Crippen molar-refractivity contribution < 1.29 is 0 Å². The molecule has 2 rings (SSSR count). The van der Waals surface area contributed by atoms with E-state index < -0.39 is 0 Å². The summed E-state index contributed by atoms with van der Waals surface area (Å²) in [7, 11) is 2.27. The van der Waals surface area contributed by atoms with Crippen molar-refractivity contribution in [3.8, 4) is 0 Å². The van der Waals surface area contributed by atoms with Crippen molar-refractivity contribution in [3.05, 3.63) is 22.4 Å². The van der Waals surface area contributed by atoms with Gasteiger partial charge in [0.2, 0.25) is 0 Å². The molecule has 1 unspecified atom stereocenters. The van der Waals surface area contributed by atoms with Gasteiger partial charge in [-0.1, -0.05) is 25.3 Å². The van der Waals surface area contributed by atoms with Crippen LogP contribution in [0.5, 0.6) is 0 Å². The van der Waals surface area contributed by atoms with Gasteiger partial charge in [0.1, 0.15) is 0 Å². The molecule has 0 amide bonds. The average Bonchev–Trinajstić information content (AvgIpc) is 2.92. The Morgan fingerprint density at radius 2 is 2.11 bits per heavy atom. The molecule has 1 aliphatic carbocycles. The summed E-state index contributed by atoms with van der Waals surface area (Å²) < 4.78 is 0. The van der Waals surface area contributed by atoms with Crippen LogP contribution in [0.1, 0.15) is 43.9 Å². The van der Waals surface area contributed by atoms with Crippen molar-refractivity contribution in [2.45, 2.75) is 51.5 Å². The van der Waals surface area contributed by atoms with Gasteiger partial charge in [-0.05, 0) is 56.6 Å². The number of thiophene rings is 1. The van der Waals surface area contributed by atoms with Crippen LogP contribution >= 0.6 is 11.3 Å². The van der Waals surface area contributed by atoms with E-state index in [1.807, 2.05) is 11.3 Å². The summed E-state index contributed by atoms with van der Waals surface area (Å²) in [5.74, 6) is 0. The van der Waals surface area contributed by atoms with Gasteiger partial charge in [0.05, 0.1) is 0 Å². The van der Waals surface area contributed by atoms with Gasteiger partial charge in [-0.3, -0.25) is 0 Å². The fraction of sp³-hybridized carbons (Fsp3) is 0.750. The van der Waals surface area contributed by atoms with E-state index in [1.165, 1.54) is 37.0 Å². The van der Waals surface area contributed by atoms with Gasteiger partial charge in [-0.25, -0.2) is 0 Å². The van der Waals surface area contributed by atoms with Crippen LogP contribution in [0.15, 0.2) is 17.5 Å². The zero-order chi connectivity index (χ0) is 13.7. The highest BCUT2D eigenvalue weighted by atomic mass is 32.1. The number of hydrogen-bond donors (Lipinski definition) is 1. The Labute approximate surface area is 122 Å². The Balaban J connectivity index is 1.89. The molecule has 0 aliphatic heterocycles. The lowest BCUT2D eigenvalue weighted by atomic mass is 9.73. The number of likely N-dealkylation sites (N-methyl/N-ethyl adjacent to an activating group) is 1. The van der Waals surface area contributed by atoms with Gasteiger partial charge in [-0.2, -0.15) is 0 Å². The fourth-order valence-corrected chi connectivity index (χ4v) is 4.12. The summed E-state index contributed by atoms with van der Waals surface area (Å²) in [6.07, 6.45) is 7.93. The molecule has 1 aliphatic rings. The van der Waals surface area contributed by atoms with Crippen LogP contribution in [0.4, 0.5) is 0 Å². The second-order valence-electron chi connectivity index (χ2n) is 6.31. The van der Waals surface area contributed by atoms with Gasteiger partial charge in [0.25, 0.3) is 0 Å². The van der Waals surface area contributed by atoms with Gasteiger partial charge in [0, 0.05) is 17.5 Å². The second kappa shape index (κ2) is 6.87. The molecule has 2 N–H and O–H groups in total. The maximum atomic E-state index is 6.10. The molecule has 2 nitrogen and oxygen atoms in total. The van der Waals surface area contributed by atoms with E-state index in [1.54, 1.807) is 0 Å². The SMILES string of the molecule is CC(Cc1cccs1)N(C)CC1(CN)CCCCC1. The summed E-state index contributed by atoms with van der Waals surface area (Å²) >= 11 is 1.87. The summed E-state index contributed by atoms with van der Waals surface area (Å²) in [6.45, 7) is 4.35. The smallest absolute Gasteiger partial charge is 0.0112 e. The predicted octanol–water partition coefficient (Wildman–Crippen LogP) is 3.52. The number of hydrogen-bond acceptors (Lipinski definition) is 3. The minimum atomic E-state index is 0.386. The summed E-state index contributed by atoms with van der Waals surface area (Å²) in [5.41, 5.74) is 6.48. The van der Waals surface area contributed by atoms with Crippen LogP contribution in [0.2, 0.25) is 0 Å². The van der Waals surface area contributed by atoms with Crippen molar-refractivity contribution in [2.24, 2.45) is 11.1 Å². The molecular weight excluding hydrogens is 252 g/mol. The van der Waals surface area contributed by atoms with Crippen molar-refractivity contribution in [3.63, 3.8) is 0 Å². The van der Waals surface area contributed by atoms with Crippen LogP contribution in [0.3, 0.4) is 0 Å². The Morgan fingerprint density at radius 1 is 1.37 bits per heavy atom. The lowest BCUT2D eigenvalue weighted by molar-refractivity contribution is 0.106. The molecule has 0 saturated heterocycles. The first-order chi connectivity index (χ1) is 9.15. The monoisotopic (exact) mass is 280 g/mol. The van der Waals surface area contributed by atoms with E-state index in [0.29, 0.717) is 11.5 Å². The molecule has 0 spiro atoms. The van der Waals surface area contributed by atoms with E-state index >= 15 is 0 Å². The van der Waals surface area contributed by atoms with Crippen molar-refractivity contribution >= 4 is 11.3 Å². The molecule has 19 heavy (non-hydrogen) atoms. The van der Waals surface area contributed by atoms with Crippen LogP contribution < -0.4 is 5.73 Å². The molecular formula is C16H28N2S. The average molecular weight is 280 g/mol. The summed E-state index contributed by atoms with van der Waals surface area (Å²) in [4.78, 5) is 4.02. The molecule has 0 aromatic carbocycles. The van der Waals surface area contributed by atoms with Crippen LogP contribution in [-0.2, 0) is 6.42 Å². The minimum Gasteiger partial charge on any atom is -0.330 e. The molecule has 3 heteroatoms. The number of rotatable bonds is 6. The van der Waals surface area contributed by atoms with Crippen LogP contribution in [-0.4, -0.2) is 31.1 Å². The number of nitrogens with zero attached hydrogens (tertiary/aromatic N) is 1. The fourth-order valence-electron chi connectivity index (χ4n) is 3.29. The van der Waals surface area contributed by atoms with Crippen LogP contribution in [0, 0.1) is 5.41 Å². The van der Waals surface area contributed by atoms with E-state index in [0.717, 1.165) is 19.5 Å². The molecule has 1 saturated carbocycles. The largest absolute Gasteiger partial charge is 0.330 e. The standard InChI is InChI=1S/C16H28N2S/c1-14(11-15-7-6-10-19-15)18(2)13-16(12-17)8-4-3-5-9-16/h6-7,10,14H,3-5,8-9,11-13,17H2,1-2H3. The molecule has 108 valence electrons. The van der Waals surface area contributed by atoms with E-state index in [9.17, 15) is 0 Å². The van der Waals surface area contributed by atoms with Gasteiger partial charge in [-0.15, -0.1) is 11.3 Å². The van der Waals surface area contributed by atoms with Gasteiger partial charge >= 0.3 is 0 Å². The van der Waals surface area contributed by atoms with Gasteiger partial charge < -0.3 is 10.6 Å². The first-order valence-corrected chi connectivity index (χ1v) is 8.46.